The summed E-state index contributed by atoms with van der Waals surface area (Å²) in [5, 5.41) is 14.2. The van der Waals surface area contributed by atoms with Crippen molar-refractivity contribution in [3.8, 4) is 0 Å². The maximum atomic E-state index is 10.2. The number of hydrogen-bond donors (Lipinski definition) is 2. The molecule has 1 rings (SSSR count). The summed E-state index contributed by atoms with van der Waals surface area (Å²) in [6.45, 7) is 7.86. The molecular formula is C16H26Cl2N2OS. The largest absolute Gasteiger partial charge is 0.386 e. The number of aliphatic imine (C=N–C) groups is 1. The molecule has 0 aliphatic rings. The Bertz CT molecular complexity index is 479. The van der Waals surface area contributed by atoms with Crippen LogP contribution in [0.3, 0.4) is 0 Å². The van der Waals surface area contributed by atoms with E-state index in [1.54, 1.807) is 44.1 Å². The normalized spacial score (nSPS) is 13.5. The lowest BCUT2D eigenvalue weighted by Crippen LogP contribution is -2.29. The van der Waals surface area contributed by atoms with Crippen molar-refractivity contribution in [3.63, 3.8) is 0 Å². The van der Waals surface area contributed by atoms with Crippen LogP contribution in [0.2, 0.25) is 10.0 Å². The van der Waals surface area contributed by atoms with E-state index in [2.05, 4.69) is 17.2 Å². The molecule has 6 heteroatoms. The molecule has 126 valence electrons. The molecule has 0 bridgehead atoms. The van der Waals surface area contributed by atoms with Crippen LogP contribution in [0, 0.1) is 0 Å². The standard InChI is InChI=1S/C14H20Cl2N2OS.C2H6/c1-4-5-20-9-14(2,19)8-18-13-7-11(16)10(15)6-12(13)17-3;1-2/h6-8,17,19H,4-5,9H2,1-3H3;1-2H3. The number of rotatable bonds is 7. The fourth-order valence-electron chi connectivity index (χ4n) is 1.51. The summed E-state index contributed by atoms with van der Waals surface area (Å²) in [5.74, 6) is 1.64. The first kappa shape index (κ1) is 21.6. The van der Waals surface area contributed by atoms with Gasteiger partial charge in [-0.25, -0.2) is 0 Å². The van der Waals surface area contributed by atoms with Gasteiger partial charge in [0.05, 0.1) is 21.4 Å². The second-order valence-electron chi connectivity index (χ2n) is 4.70. The van der Waals surface area contributed by atoms with Crippen LogP contribution in [-0.4, -0.2) is 35.5 Å². The van der Waals surface area contributed by atoms with Gasteiger partial charge in [-0.2, -0.15) is 11.8 Å². The third-order valence-electron chi connectivity index (χ3n) is 2.53. The molecule has 22 heavy (non-hydrogen) atoms. The number of anilines is 1. The van der Waals surface area contributed by atoms with Crippen molar-refractivity contribution < 1.29 is 5.11 Å². The van der Waals surface area contributed by atoms with Gasteiger partial charge < -0.3 is 10.4 Å². The quantitative estimate of drug-likeness (QED) is 0.484. The molecule has 3 nitrogen and oxygen atoms in total. The Balaban J connectivity index is 0.00000211. The van der Waals surface area contributed by atoms with Gasteiger partial charge in [0.15, 0.2) is 0 Å². The van der Waals surface area contributed by atoms with Crippen molar-refractivity contribution in [1.29, 1.82) is 0 Å². The first-order valence-electron chi connectivity index (χ1n) is 7.41. The van der Waals surface area contributed by atoms with Crippen molar-refractivity contribution in [2.24, 2.45) is 4.99 Å². The number of aliphatic hydroxyl groups is 1. The van der Waals surface area contributed by atoms with Gasteiger partial charge in [-0.05, 0) is 31.2 Å². The van der Waals surface area contributed by atoms with Crippen molar-refractivity contribution in [1.82, 2.24) is 0 Å². The summed E-state index contributed by atoms with van der Waals surface area (Å²) >= 11 is 13.7. The third kappa shape index (κ3) is 7.73. The summed E-state index contributed by atoms with van der Waals surface area (Å²) in [4.78, 5) is 4.34. The molecular weight excluding hydrogens is 339 g/mol. The monoisotopic (exact) mass is 364 g/mol. The lowest BCUT2D eigenvalue weighted by Gasteiger charge is -2.17. The van der Waals surface area contributed by atoms with Crippen LogP contribution >= 0.6 is 35.0 Å². The summed E-state index contributed by atoms with van der Waals surface area (Å²) < 4.78 is 0. The highest BCUT2D eigenvalue weighted by atomic mass is 35.5. The molecule has 0 aliphatic carbocycles. The molecule has 0 radical (unpaired) electrons. The third-order valence-corrected chi connectivity index (χ3v) is 4.74. The van der Waals surface area contributed by atoms with E-state index in [4.69, 9.17) is 23.2 Å². The molecule has 0 saturated heterocycles. The van der Waals surface area contributed by atoms with Gasteiger partial charge in [0.2, 0.25) is 0 Å². The lowest BCUT2D eigenvalue weighted by atomic mass is 10.1. The Labute approximate surface area is 148 Å². The van der Waals surface area contributed by atoms with E-state index in [0.717, 1.165) is 17.9 Å². The second kappa shape index (κ2) is 11.2. The molecule has 0 aromatic heterocycles. The SMILES string of the molecule is CC.CCCSCC(C)(O)C=Nc1cc(Cl)c(Cl)cc1NC. The fourth-order valence-corrected chi connectivity index (χ4v) is 2.75. The summed E-state index contributed by atoms with van der Waals surface area (Å²) in [6, 6.07) is 3.40. The second-order valence-corrected chi connectivity index (χ2v) is 6.62. The van der Waals surface area contributed by atoms with Crippen LogP contribution in [0.5, 0.6) is 0 Å². The number of halogens is 2. The number of benzene rings is 1. The van der Waals surface area contributed by atoms with Gasteiger partial charge in [-0.1, -0.05) is 44.0 Å². The van der Waals surface area contributed by atoms with Gasteiger partial charge >= 0.3 is 0 Å². The number of nitrogens with one attached hydrogen (secondary N) is 1. The van der Waals surface area contributed by atoms with E-state index in [1.165, 1.54) is 0 Å². The molecule has 0 spiro atoms. The van der Waals surface area contributed by atoms with E-state index in [-0.39, 0.29) is 0 Å². The summed E-state index contributed by atoms with van der Waals surface area (Å²) in [7, 11) is 1.79. The van der Waals surface area contributed by atoms with Gasteiger partial charge in [0.25, 0.3) is 0 Å². The minimum Gasteiger partial charge on any atom is -0.386 e. The minimum atomic E-state index is -0.947. The van der Waals surface area contributed by atoms with E-state index >= 15 is 0 Å². The van der Waals surface area contributed by atoms with Gasteiger partial charge in [0.1, 0.15) is 5.60 Å². The molecule has 0 heterocycles. The van der Waals surface area contributed by atoms with Crippen LogP contribution in [-0.2, 0) is 0 Å². The first-order chi connectivity index (χ1) is 10.4. The van der Waals surface area contributed by atoms with Crippen molar-refractivity contribution in [2.75, 3.05) is 23.9 Å². The molecule has 1 aromatic rings. The predicted octanol–water partition coefficient (Wildman–Crippen LogP) is 5.66. The van der Waals surface area contributed by atoms with E-state index < -0.39 is 5.60 Å². The molecule has 0 fully saturated rings. The van der Waals surface area contributed by atoms with Gasteiger partial charge in [-0.15, -0.1) is 0 Å². The highest BCUT2D eigenvalue weighted by Crippen LogP contribution is 2.34. The van der Waals surface area contributed by atoms with Crippen molar-refractivity contribution in [2.45, 2.75) is 39.7 Å². The average Bonchev–Trinajstić information content (AvgIpc) is 2.50. The van der Waals surface area contributed by atoms with Crippen LogP contribution in [0.15, 0.2) is 17.1 Å². The van der Waals surface area contributed by atoms with Crippen LogP contribution in [0.4, 0.5) is 11.4 Å². The molecule has 1 unspecified atom stereocenters. The molecule has 1 atom stereocenters. The number of nitrogens with zero attached hydrogens (tertiary/aromatic N) is 1. The fraction of sp³-hybridized carbons (Fsp3) is 0.562. The Morgan fingerprint density at radius 2 is 1.91 bits per heavy atom. The topological polar surface area (TPSA) is 44.6 Å². The first-order valence-corrected chi connectivity index (χ1v) is 9.33. The highest BCUT2D eigenvalue weighted by molar-refractivity contribution is 7.99. The Hall–Kier alpha value is -0.420. The molecule has 1 aromatic carbocycles. The van der Waals surface area contributed by atoms with Crippen LogP contribution in [0.25, 0.3) is 0 Å². The molecule has 0 aliphatic heterocycles. The number of thioether (sulfide) groups is 1. The van der Waals surface area contributed by atoms with Crippen LogP contribution < -0.4 is 5.32 Å². The molecule has 2 N–H and O–H groups in total. The molecule has 0 amide bonds. The maximum absolute atomic E-state index is 10.2. The highest BCUT2D eigenvalue weighted by Gasteiger charge is 2.17. The van der Waals surface area contributed by atoms with Gasteiger partial charge in [-0.3, -0.25) is 4.99 Å². The van der Waals surface area contributed by atoms with Crippen molar-refractivity contribution in [3.05, 3.63) is 22.2 Å². The number of hydrogen-bond acceptors (Lipinski definition) is 4. The molecule has 0 saturated carbocycles. The van der Waals surface area contributed by atoms with Gasteiger partial charge in [0, 0.05) is 19.0 Å². The Kier molecular flexibility index (Phi) is 11.0. The summed E-state index contributed by atoms with van der Waals surface area (Å²) in [6.07, 6.45) is 2.64. The zero-order valence-corrected chi connectivity index (χ0v) is 16.2. The Morgan fingerprint density at radius 3 is 2.45 bits per heavy atom. The minimum absolute atomic E-state index is 0.442. The van der Waals surface area contributed by atoms with E-state index in [9.17, 15) is 5.11 Å². The zero-order chi connectivity index (χ0) is 17.2. The lowest BCUT2D eigenvalue weighted by molar-refractivity contribution is 0.164. The average molecular weight is 365 g/mol. The van der Waals surface area contributed by atoms with E-state index in [0.29, 0.717) is 21.5 Å². The predicted molar refractivity (Wildman–Crippen MR) is 104 cm³/mol. The van der Waals surface area contributed by atoms with Crippen LogP contribution in [0.1, 0.15) is 34.1 Å². The Morgan fingerprint density at radius 1 is 1.32 bits per heavy atom. The maximum Gasteiger partial charge on any atom is 0.106 e. The summed E-state index contributed by atoms with van der Waals surface area (Å²) in [5.41, 5.74) is 0.479. The smallest absolute Gasteiger partial charge is 0.106 e. The van der Waals surface area contributed by atoms with Crippen molar-refractivity contribution >= 4 is 52.6 Å². The zero-order valence-electron chi connectivity index (χ0n) is 13.9. The van der Waals surface area contributed by atoms with E-state index in [1.807, 2.05) is 13.8 Å².